The summed E-state index contributed by atoms with van der Waals surface area (Å²) in [6, 6.07) is 15.4. The summed E-state index contributed by atoms with van der Waals surface area (Å²) in [5.74, 6) is 0. The van der Waals surface area contributed by atoms with Crippen LogP contribution in [0.25, 0.3) is 0 Å². The first-order valence-corrected chi connectivity index (χ1v) is 7.54. The van der Waals surface area contributed by atoms with Gasteiger partial charge in [-0.05, 0) is 54.8 Å². The topological polar surface area (TPSA) is 49.5 Å². The zero-order valence-corrected chi connectivity index (χ0v) is 12.6. The molecule has 0 bridgehead atoms. The van der Waals surface area contributed by atoms with Crippen LogP contribution >= 0.6 is 11.6 Å². The van der Waals surface area contributed by atoms with Gasteiger partial charge in [-0.1, -0.05) is 23.7 Å². The maximum Gasteiger partial charge on any atom is 0.0930 e. The van der Waals surface area contributed by atoms with Crippen molar-refractivity contribution >= 4 is 23.0 Å². The summed E-state index contributed by atoms with van der Waals surface area (Å²) in [7, 11) is 0. The van der Waals surface area contributed by atoms with Gasteiger partial charge < -0.3 is 15.7 Å². The monoisotopic (exact) mass is 302 g/mol. The summed E-state index contributed by atoms with van der Waals surface area (Å²) in [6.07, 6.45) is 1.41. The standard InChI is InChI=1S/C17H19ClN2O/c18-14-3-1-13(2-4-14)17(21)9-11-20(12-10-17)16-7-5-15(19)6-8-16/h1-8,21H,9-12,19H2. The third-order valence-electron chi connectivity index (χ3n) is 4.23. The van der Waals surface area contributed by atoms with E-state index < -0.39 is 5.60 Å². The SMILES string of the molecule is Nc1ccc(N2CCC(O)(c3ccc(Cl)cc3)CC2)cc1. The first-order chi connectivity index (χ1) is 10.1. The molecule has 0 aromatic heterocycles. The molecule has 0 aliphatic carbocycles. The molecule has 0 amide bonds. The van der Waals surface area contributed by atoms with E-state index in [0.717, 1.165) is 30.0 Å². The average molecular weight is 303 g/mol. The fourth-order valence-electron chi connectivity index (χ4n) is 2.87. The van der Waals surface area contributed by atoms with Crippen molar-refractivity contribution in [1.82, 2.24) is 0 Å². The quantitative estimate of drug-likeness (QED) is 0.836. The van der Waals surface area contributed by atoms with Gasteiger partial charge in [-0.2, -0.15) is 0 Å². The molecule has 21 heavy (non-hydrogen) atoms. The number of piperidine rings is 1. The van der Waals surface area contributed by atoms with Crippen molar-refractivity contribution in [2.24, 2.45) is 0 Å². The van der Waals surface area contributed by atoms with Crippen LogP contribution in [0, 0.1) is 0 Å². The summed E-state index contributed by atoms with van der Waals surface area (Å²) >= 11 is 5.91. The summed E-state index contributed by atoms with van der Waals surface area (Å²) in [5.41, 5.74) is 7.84. The van der Waals surface area contributed by atoms with Crippen LogP contribution in [0.3, 0.4) is 0 Å². The molecule has 3 rings (SSSR count). The molecule has 0 unspecified atom stereocenters. The molecule has 1 fully saturated rings. The van der Waals surface area contributed by atoms with Crippen LogP contribution in [-0.4, -0.2) is 18.2 Å². The van der Waals surface area contributed by atoms with E-state index in [1.807, 2.05) is 48.5 Å². The highest BCUT2D eigenvalue weighted by Gasteiger charge is 2.33. The lowest BCUT2D eigenvalue weighted by atomic mass is 9.84. The lowest BCUT2D eigenvalue weighted by molar-refractivity contribution is 0.0118. The minimum Gasteiger partial charge on any atom is -0.399 e. The van der Waals surface area contributed by atoms with E-state index in [1.165, 1.54) is 0 Å². The maximum atomic E-state index is 10.9. The molecule has 1 saturated heterocycles. The molecule has 1 aliphatic rings. The van der Waals surface area contributed by atoms with Gasteiger partial charge in [-0.15, -0.1) is 0 Å². The predicted octanol–water partition coefficient (Wildman–Crippen LogP) is 3.41. The molecule has 2 aromatic rings. The van der Waals surface area contributed by atoms with Gasteiger partial charge in [0, 0.05) is 29.5 Å². The molecular weight excluding hydrogens is 284 g/mol. The lowest BCUT2D eigenvalue weighted by Gasteiger charge is -2.39. The van der Waals surface area contributed by atoms with E-state index in [1.54, 1.807) is 0 Å². The van der Waals surface area contributed by atoms with Crippen molar-refractivity contribution in [2.45, 2.75) is 18.4 Å². The zero-order valence-electron chi connectivity index (χ0n) is 11.8. The fraction of sp³-hybridized carbons (Fsp3) is 0.294. The number of aliphatic hydroxyl groups is 1. The third kappa shape index (κ3) is 2.99. The Morgan fingerprint density at radius 1 is 0.952 bits per heavy atom. The van der Waals surface area contributed by atoms with Crippen LogP contribution < -0.4 is 10.6 Å². The van der Waals surface area contributed by atoms with Gasteiger partial charge >= 0.3 is 0 Å². The molecular formula is C17H19ClN2O. The van der Waals surface area contributed by atoms with Crippen molar-refractivity contribution in [2.75, 3.05) is 23.7 Å². The van der Waals surface area contributed by atoms with Gasteiger partial charge in [0.05, 0.1) is 5.60 Å². The Bertz CT molecular complexity index is 602. The average Bonchev–Trinajstić information content (AvgIpc) is 2.50. The second-order valence-electron chi connectivity index (χ2n) is 5.62. The molecule has 2 aromatic carbocycles. The van der Waals surface area contributed by atoms with Gasteiger partial charge in [0.25, 0.3) is 0 Å². The number of halogens is 1. The molecule has 0 radical (unpaired) electrons. The van der Waals surface area contributed by atoms with Crippen LogP contribution in [0.1, 0.15) is 18.4 Å². The summed E-state index contributed by atoms with van der Waals surface area (Å²) in [5, 5.41) is 11.5. The lowest BCUT2D eigenvalue weighted by Crippen LogP contribution is -2.42. The molecule has 0 spiro atoms. The first kappa shape index (κ1) is 14.2. The summed E-state index contributed by atoms with van der Waals surface area (Å²) in [4.78, 5) is 2.28. The van der Waals surface area contributed by atoms with Crippen LogP contribution in [0.15, 0.2) is 48.5 Å². The fourth-order valence-corrected chi connectivity index (χ4v) is 2.99. The smallest absolute Gasteiger partial charge is 0.0930 e. The number of nitrogens with zero attached hydrogens (tertiary/aromatic N) is 1. The maximum absolute atomic E-state index is 10.9. The number of hydrogen-bond acceptors (Lipinski definition) is 3. The van der Waals surface area contributed by atoms with E-state index in [2.05, 4.69) is 4.90 Å². The van der Waals surface area contributed by atoms with Crippen LogP contribution in [-0.2, 0) is 5.60 Å². The highest BCUT2D eigenvalue weighted by Crippen LogP contribution is 2.35. The van der Waals surface area contributed by atoms with Gasteiger partial charge in [0.2, 0.25) is 0 Å². The van der Waals surface area contributed by atoms with Crippen LogP contribution in [0.4, 0.5) is 11.4 Å². The van der Waals surface area contributed by atoms with Gasteiger partial charge in [0.15, 0.2) is 0 Å². The van der Waals surface area contributed by atoms with Gasteiger partial charge in [-0.25, -0.2) is 0 Å². The Hall–Kier alpha value is -1.71. The Kier molecular flexibility index (Phi) is 3.79. The van der Waals surface area contributed by atoms with Crippen molar-refractivity contribution in [3.8, 4) is 0 Å². The minimum absolute atomic E-state index is 0.696. The Labute approximate surface area is 130 Å². The van der Waals surface area contributed by atoms with E-state index in [4.69, 9.17) is 17.3 Å². The third-order valence-corrected chi connectivity index (χ3v) is 4.48. The van der Waals surface area contributed by atoms with Crippen molar-refractivity contribution in [3.05, 3.63) is 59.1 Å². The van der Waals surface area contributed by atoms with Crippen molar-refractivity contribution < 1.29 is 5.11 Å². The Morgan fingerprint density at radius 2 is 1.52 bits per heavy atom. The number of rotatable bonds is 2. The summed E-state index contributed by atoms with van der Waals surface area (Å²) < 4.78 is 0. The molecule has 3 N–H and O–H groups in total. The Balaban J connectivity index is 1.72. The van der Waals surface area contributed by atoms with E-state index in [9.17, 15) is 5.11 Å². The molecule has 0 atom stereocenters. The number of anilines is 2. The summed E-state index contributed by atoms with van der Waals surface area (Å²) in [6.45, 7) is 1.64. The zero-order chi connectivity index (χ0) is 14.9. The second kappa shape index (κ2) is 5.58. The highest BCUT2D eigenvalue weighted by atomic mass is 35.5. The van der Waals surface area contributed by atoms with Crippen LogP contribution in [0.2, 0.25) is 5.02 Å². The van der Waals surface area contributed by atoms with E-state index in [0.29, 0.717) is 17.9 Å². The van der Waals surface area contributed by atoms with E-state index >= 15 is 0 Å². The molecule has 110 valence electrons. The molecule has 0 saturated carbocycles. The largest absolute Gasteiger partial charge is 0.399 e. The van der Waals surface area contributed by atoms with Crippen LogP contribution in [0.5, 0.6) is 0 Å². The van der Waals surface area contributed by atoms with Gasteiger partial charge in [-0.3, -0.25) is 0 Å². The molecule has 1 heterocycles. The van der Waals surface area contributed by atoms with E-state index in [-0.39, 0.29) is 0 Å². The normalized spacial score (nSPS) is 17.7. The molecule has 3 nitrogen and oxygen atoms in total. The predicted molar refractivity (Wildman–Crippen MR) is 87.7 cm³/mol. The number of hydrogen-bond donors (Lipinski definition) is 2. The van der Waals surface area contributed by atoms with Crippen molar-refractivity contribution in [3.63, 3.8) is 0 Å². The molecule has 4 heteroatoms. The minimum atomic E-state index is -0.755. The highest BCUT2D eigenvalue weighted by molar-refractivity contribution is 6.30. The Morgan fingerprint density at radius 3 is 2.10 bits per heavy atom. The number of nitrogens with two attached hydrogens (primary N) is 1. The van der Waals surface area contributed by atoms with Crippen molar-refractivity contribution in [1.29, 1.82) is 0 Å². The second-order valence-corrected chi connectivity index (χ2v) is 6.05. The number of benzene rings is 2. The van der Waals surface area contributed by atoms with Gasteiger partial charge in [0.1, 0.15) is 0 Å². The first-order valence-electron chi connectivity index (χ1n) is 7.16. The molecule has 1 aliphatic heterocycles. The number of nitrogen functional groups attached to an aromatic ring is 1.